The summed E-state index contributed by atoms with van der Waals surface area (Å²) in [6.07, 6.45) is 0. The first-order chi connectivity index (χ1) is 9.47. The Bertz CT molecular complexity index is 640. The standard InChI is InChI=1S/C15H15NO4/c1-9(16)11-3-5-13(6-4-11)19-8-12-7-14(15(17)18)20-10(12)2/h3-7,16H,8H2,1-2H3,(H,17,18). The van der Waals surface area contributed by atoms with Crippen LogP contribution in [0.25, 0.3) is 0 Å². The molecular weight excluding hydrogens is 258 g/mol. The van der Waals surface area contributed by atoms with Crippen LogP contribution >= 0.6 is 0 Å². The fourth-order valence-electron chi connectivity index (χ4n) is 1.73. The van der Waals surface area contributed by atoms with Crippen molar-refractivity contribution >= 4 is 11.7 Å². The lowest BCUT2D eigenvalue weighted by atomic mass is 10.1. The van der Waals surface area contributed by atoms with E-state index in [1.54, 1.807) is 26.0 Å². The van der Waals surface area contributed by atoms with Crippen LogP contribution in [0.1, 0.15) is 34.4 Å². The average molecular weight is 273 g/mol. The summed E-state index contributed by atoms with van der Waals surface area (Å²) in [5.74, 6) is 0.0165. The summed E-state index contributed by atoms with van der Waals surface area (Å²) in [4.78, 5) is 10.8. The van der Waals surface area contributed by atoms with E-state index in [-0.39, 0.29) is 12.4 Å². The highest BCUT2D eigenvalue weighted by Crippen LogP contribution is 2.19. The van der Waals surface area contributed by atoms with Gasteiger partial charge in [0.05, 0.1) is 0 Å². The summed E-state index contributed by atoms with van der Waals surface area (Å²) in [7, 11) is 0. The first kappa shape index (κ1) is 13.9. The molecule has 0 aliphatic carbocycles. The van der Waals surface area contributed by atoms with E-state index in [9.17, 15) is 4.79 Å². The molecule has 0 saturated heterocycles. The number of carbonyl (C=O) groups is 1. The lowest BCUT2D eigenvalue weighted by Crippen LogP contribution is -1.97. The minimum absolute atomic E-state index is 0.0871. The first-order valence-electron chi connectivity index (χ1n) is 6.08. The number of ether oxygens (including phenoxy) is 1. The fourth-order valence-corrected chi connectivity index (χ4v) is 1.73. The molecule has 0 unspecified atom stereocenters. The van der Waals surface area contributed by atoms with Crippen LogP contribution in [-0.2, 0) is 6.61 Å². The van der Waals surface area contributed by atoms with Gasteiger partial charge in [-0.3, -0.25) is 0 Å². The van der Waals surface area contributed by atoms with Crippen LogP contribution < -0.4 is 4.74 Å². The van der Waals surface area contributed by atoms with Gasteiger partial charge in [0.25, 0.3) is 0 Å². The van der Waals surface area contributed by atoms with Crippen molar-refractivity contribution < 1.29 is 19.1 Å². The normalized spacial score (nSPS) is 10.3. The maximum atomic E-state index is 10.8. The molecular formula is C15H15NO4. The van der Waals surface area contributed by atoms with Crippen molar-refractivity contribution in [2.75, 3.05) is 0 Å². The van der Waals surface area contributed by atoms with E-state index in [2.05, 4.69) is 0 Å². The summed E-state index contributed by atoms with van der Waals surface area (Å²) >= 11 is 0. The zero-order valence-electron chi connectivity index (χ0n) is 11.3. The number of aromatic carboxylic acids is 1. The third-order valence-electron chi connectivity index (χ3n) is 2.91. The molecule has 104 valence electrons. The van der Waals surface area contributed by atoms with Crippen LogP contribution in [0, 0.1) is 12.3 Å². The van der Waals surface area contributed by atoms with Crippen molar-refractivity contribution in [3.8, 4) is 5.75 Å². The van der Waals surface area contributed by atoms with Gasteiger partial charge >= 0.3 is 5.97 Å². The van der Waals surface area contributed by atoms with Gasteiger partial charge in [-0.1, -0.05) is 0 Å². The van der Waals surface area contributed by atoms with Crippen molar-refractivity contribution in [2.45, 2.75) is 20.5 Å². The number of hydrogen-bond donors (Lipinski definition) is 2. The molecule has 2 N–H and O–H groups in total. The summed E-state index contributed by atoms with van der Waals surface area (Å²) in [6, 6.07) is 8.64. The predicted molar refractivity (Wildman–Crippen MR) is 73.7 cm³/mol. The van der Waals surface area contributed by atoms with Crippen molar-refractivity contribution in [2.24, 2.45) is 0 Å². The summed E-state index contributed by atoms with van der Waals surface area (Å²) in [5.41, 5.74) is 2.04. The molecule has 0 spiro atoms. The van der Waals surface area contributed by atoms with Gasteiger partial charge in [0.15, 0.2) is 0 Å². The molecule has 5 nitrogen and oxygen atoms in total. The zero-order chi connectivity index (χ0) is 14.7. The smallest absolute Gasteiger partial charge is 0.371 e. The lowest BCUT2D eigenvalue weighted by molar-refractivity contribution is 0.0661. The highest BCUT2D eigenvalue weighted by molar-refractivity contribution is 5.96. The van der Waals surface area contributed by atoms with Gasteiger partial charge in [-0.25, -0.2) is 4.79 Å². The largest absolute Gasteiger partial charge is 0.489 e. The molecule has 0 saturated carbocycles. The average Bonchev–Trinajstić information content (AvgIpc) is 2.78. The number of carboxylic acid groups (broad SMARTS) is 1. The van der Waals surface area contributed by atoms with Crippen molar-refractivity contribution in [3.63, 3.8) is 0 Å². The Labute approximate surface area is 116 Å². The zero-order valence-corrected chi connectivity index (χ0v) is 11.3. The SMILES string of the molecule is CC(=N)c1ccc(OCc2cc(C(=O)O)oc2C)cc1. The Morgan fingerprint density at radius 3 is 2.50 bits per heavy atom. The van der Waals surface area contributed by atoms with Crippen LogP contribution in [0.15, 0.2) is 34.7 Å². The molecule has 0 aliphatic rings. The minimum Gasteiger partial charge on any atom is -0.489 e. The summed E-state index contributed by atoms with van der Waals surface area (Å²) in [6.45, 7) is 3.66. The molecule has 1 aromatic carbocycles. The quantitative estimate of drug-likeness (QED) is 0.819. The van der Waals surface area contributed by atoms with Crippen LogP contribution in [0.5, 0.6) is 5.75 Å². The molecule has 1 heterocycles. The molecule has 5 heteroatoms. The number of furan rings is 1. The molecule has 0 radical (unpaired) electrons. The molecule has 20 heavy (non-hydrogen) atoms. The van der Waals surface area contributed by atoms with Crippen molar-refractivity contribution in [1.82, 2.24) is 0 Å². The number of rotatable bonds is 5. The number of aryl methyl sites for hydroxylation is 1. The minimum atomic E-state index is -1.09. The maximum Gasteiger partial charge on any atom is 0.371 e. The molecule has 2 aromatic rings. The van der Waals surface area contributed by atoms with E-state index in [1.807, 2.05) is 12.1 Å². The monoisotopic (exact) mass is 273 g/mol. The molecule has 0 fully saturated rings. The van der Waals surface area contributed by atoms with E-state index in [4.69, 9.17) is 19.7 Å². The van der Waals surface area contributed by atoms with E-state index in [0.717, 1.165) is 5.56 Å². The van der Waals surface area contributed by atoms with E-state index >= 15 is 0 Å². The van der Waals surface area contributed by atoms with Crippen LogP contribution in [0.4, 0.5) is 0 Å². The Balaban J connectivity index is 2.05. The van der Waals surface area contributed by atoms with Gasteiger partial charge in [-0.15, -0.1) is 0 Å². The number of nitrogens with one attached hydrogen (secondary N) is 1. The van der Waals surface area contributed by atoms with E-state index in [1.165, 1.54) is 6.07 Å². The second-order valence-corrected chi connectivity index (χ2v) is 4.44. The molecule has 0 bridgehead atoms. The molecule has 0 aliphatic heterocycles. The third kappa shape index (κ3) is 3.06. The maximum absolute atomic E-state index is 10.8. The molecule has 1 aromatic heterocycles. The Hall–Kier alpha value is -2.56. The van der Waals surface area contributed by atoms with Crippen molar-refractivity contribution in [1.29, 1.82) is 5.41 Å². The Morgan fingerprint density at radius 1 is 1.35 bits per heavy atom. The second kappa shape index (κ2) is 5.61. The van der Waals surface area contributed by atoms with Crippen LogP contribution in [0.2, 0.25) is 0 Å². The predicted octanol–water partition coefficient (Wildman–Crippen LogP) is 3.25. The second-order valence-electron chi connectivity index (χ2n) is 4.44. The Kier molecular flexibility index (Phi) is 3.89. The summed E-state index contributed by atoms with van der Waals surface area (Å²) in [5, 5.41) is 16.3. The lowest BCUT2D eigenvalue weighted by Gasteiger charge is -2.06. The van der Waals surface area contributed by atoms with Crippen molar-refractivity contribution in [3.05, 3.63) is 53.0 Å². The first-order valence-corrected chi connectivity index (χ1v) is 6.08. The van der Waals surface area contributed by atoms with E-state index < -0.39 is 5.97 Å². The Morgan fingerprint density at radius 2 is 2.00 bits per heavy atom. The van der Waals surface area contributed by atoms with E-state index in [0.29, 0.717) is 22.8 Å². The summed E-state index contributed by atoms with van der Waals surface area (Å²) < 4.78 is 10.7. The van der Waals surface area contributed by atoms with Gasteiger partial charge in [0.2, 0.25) is 5.76 Å². The van der Waals surface area contributed by atoms with Gasteiger partial charge in [-0.05, 0) is 49.7 Å². The van der Waals surface area contributed by atoms with Gasteiger partial charge in [0, 0.05) is 11.3 Å². The third-order valence-corrected chi connectivity index (χ3v) is 2.91. The fraction of sp³-hybridized carbons (Fsp3) is 0.200. The molecule has 0 atom stereocenters. The topological polar surface area (TPSA) is 83.5 Å². The van der Waals surface area contributed by atoms with Crippen LogP contribution in [0.3, 0.4) is 0 Å². The van der Waals surface area contributed by atoms with Crippen LogP contribution in [-0.4, -0.2) is 16.8 Å². The highest BCUT2D eigenvalue weighted by atomic mass is 16.5. The van der Waals surface area contributed by atoms with Gasteiger partial charge in [0.1, 0.15) is 18.1 Å². The molecule has 2 rings (SSSR count). The van der Waals surface area contributed by atoms with Gasteiger partial charge in [-0.2, -0.15) is 0 Å². The molecule has 0 amide bonds. The number of hydrogen-bond acceptors (Lipinski definition) is 4. The number of benzene rings is 1. The number of carboxylic acids is 1. The highest BCUT2D eigenvalue weighted by Gasteiger charge is 2.13. The van der Waals surface area contributed by atoms with Gasteiger partial charge < -0.3 is 19.7 Å².